The van der Waals surface area contributed by atoms with Gasteiger partial charge in [0, 0.05) is 28.5 Å². The molecule has 0 spiro atoms. The predicted molar refractivity (Wildman–Crippen MR) is 88.2 cm³/mol. The molecule has 0 unspecified atom stereocenters. The van der Waals surface area contributed by atoms with Crippen LogP contribution in [0.5, 0.6) is 0 Å². The largest absolute Gasteiger partial charge is 0.385 e. The van der Waals surface area contributed by atoms with Crippen molar-refractivity contribution in [2.75, 3.05) is 17.2 Å². The van der Waals surface area contributed by atoms with Crippen molar-refractivity contribution in [2.24, 2.45) is 0 Å². The summed E-state index contributed by atoms with van der Waals surface area (Å²) in [7, 11) is 0. The maximum Gasteiger partial charge on any atom is 0.256 e. The van der Waals surface area contributed by atoms with Crippen LogP contribution < -0.4 is 10.6 Å². The van der Waals surface area contributed by atoms with E-state index < -0.39 is 0 Å². The fraction of sp³-hybridized carbons (Fsp3) is 0.200. The van der Waals surface area contributed by atoms with E-state index in [0.717, 1.165) is 35.1 Å². The number of anilines is 2. The smallest absolute Gasteiger partial charge is 0.256 e. The molecular formula is C15H13BrClN3O. The fourth-order valence-corrected chi connectivity index (χ4v) is 2.90. The normalized spacial score (nSPS) is 13.2. The van der Waals surface area contributed by atoms with Gasteiger partial charge < -0.3 is 10.6 Å². The lowest BCUT2D eigenvalue weighted by Crippen LogP contribution is -2.19. The van der Waals surface area contributed by atoms with Crippen molar-refractivity contribution in [1.82, 2.24) is 4.98 Å². The Kier molecular flexibility index (Phi) is 4.12. The Morgan fingerprint density at radius 2 is 2.29 bits per heavy atom. The predicted octanol–water partition coefficient (Wildman–Crippen LogP) is 4.11. The van der Waals surface area contributed by atoms with Gasteiger partial charge in [-0.05, 0) is 52.5 Å². The molecule has 1 aliphatic rings. The van der Waals surface area contributed by atoms with Gasteiger partial charge in [-0.3, -0.25) is 4.79 Å². The summed E-state index contributed by atoms with van der Waals surface area (Å²) in [6, 6.07) is 7.45. The van der Waals surface area contributed by atoms with Crippen LogP contribution >= 0.6 is 27.5 Å². The number of halogens is 2. The van der Waals surface area contributed by atoms with Crippen molar-refractivity contribution in [3.63, 3.8) is 0 Å². The highest BCUT2D eigenvalue weighted by atomic mass is 79.9. The van der Waals surface area contributed by atoms with E-state index in [2.05, 4.69) is 31.5 Å². The second-order valence-electron chi connectivity index (χ2n) is 4.81. The maximum atomic E-state index is 12.5. The first-order valence-electron chi connectivity index (χ1n) is 6.63. The van der Waals surface area contributed by atoms with Gasteiger partial charge in [0.25, 0.3) is 5.91 Å². The lowest BCUT2D eigenvalue weighted by Gasteiger charge is -2.20. The minimum atomic E-state index is -0.169. The van der Waals surface area contributed by atoms with E-state index in [1.807, 2.05) is 18.2 Å². The topological polar surface area (TPSA) is 54.0 Å². The van der Waals surface area contributed by atoms with E-state index in [1.54, 1.807) is 12.3 Å². The zero-order valence-corrected chi connectivity index (χ0v) is 13.5. The van der Waals surface area contributed by atoms with Crippen molar-refractivity contribution in [1.29, 1.82) is 0 Å². The number of fused-ring (bicyclic) bond motifs is 1. The Bertz CT molecular complexity index is 705. The van der Waals surface area contributed by atoms with E-state index in [0.29, 0.717) is 11.3 Å². The molecule has 0 saturated carbocycles. The number of amides is 1. The van der Waals surface area contributed by atoms with Gasteiger partial charge in [0.2, 0.25) is 0 Å². The first-order chi connectivity index (χ1) is 10.1. The number of aromatic nitrogens is 1. The Labute approximate surface area is 136 Å². The molecule has 108 valence electrons. The number of carbonyl (C=O) groups excluding carboxylic acids is 1. The second kappa shape index (κ2) is 6.03. The minimum Gasteiger partial charge on any atom is -0.385 e. The number of hydrogen-bond donors (Lipinski definition) is 2. The number of nitrogens with one attached hydrogen (secondary N) is 2. The lowest BCUT2D eigenvalue weighted by molar-refractivity contribution is 0.102. The first kappa shape index (κ1) is 14.4. The van der Waals surface area contributed by atoms with Crippen molar-refractivity contribution < 1.29 is 4.79 Å². The quantitative estimate of drug-likeness (QED) is 0.787. The van der Waals surface area contributed by atoms with Crippen LogP contribution in [0.1, 0.15) is 22.3 Å². The summed E-state index contributed by atoms with van der Waals surface area (Å²) < 4.78 is 0.763. The van der Waals surface area contributed by atoms with Crippen LogP contribution in [0.4, 0.5) is 11.4 Å². The summed E-state index contributed by atoms with van der Waals surface area (Å²) in [6.07, 6.45) is 3.51. The van der Waals surface area contributed by atoms with Crippen molar-refractivity contribution >= 4 is 44.8 Å². The van der Waals surface area contributed by atoms with Crippen molar-refractivity contribution in [3.05, 3.63) is 51.2 Å². The van der Waals surface area contributed by atoms with Gasteiger partial charge in [-0.15, -0.1) is 0 Å². The van der Waals surface area contributed by atoms with Crippen LogP contribution in [0.15, 0.2) is 34.9 Å². The van der Waals surface area contributed by atoms with E-state index in [-0.39, 0.29) is 11.1 Å². The van der Waals surface area contributed by atoms with Gasteiger partial charge in [0.1, 0.15) is 0 Å². The monoisotopic (exact) mass is 365 g/mol. The van der Waals surface area contributed by atoms with Gasteiger partial charge in [0.05, 0.1) is 5.69 Å². The third-order valence-electron chi connectivity index (χ3n) is 3.39. The van der Waals surface area contributed by atoms with Gasteiger partial charge in [-0.25, -0.2) is 4.98 Å². The molecular weight excluding hydrogens is 354 g/mol. The zero-order chi connectivity index (χ0) is 14.8. The lowest BCUT2D eigenvalue weighted by atomic mass is 9.97. The molecule has 0 aliphatic carbocycles. The van der Waals surface area contributed by atoms with Crippen LogP contribution in [0, 0.1) is 0 Å². The Morgan fingerprint density at radius 1 is 1.43 bits per heavy atom. The average molecular weight is 367 g/mol. The maximum absolute atomic E-state index is 12.5. The third kappa shape index (κ3) is 3.04. The average Bonchev–Trinajstić information content (AvgIpc) is 2.50. The Balaban J connectivity index is 1.91. The molecule has 2 N–H and O–H groups in total. The summed E-state index contributed by atoms with van der Waals surface area (Å²) in [5.41, 5.74) is 3.26. The van der Waals surface area contributed by atoms with Gasteiger partial charge in [-0.1, -0.05) is 17.7 Å². The molecule has 21 heavy (non-hydrogen) atoms. The molecule has 3 rings (SSSR count). The molecule has 0 saturated heterocycles. The molecule has 6 heteroatoms. The summed E-state index contributed by atoms with van der Waals surface area (Å²) in [6.45, 7) is 0.944. The molecule has 1 aromatic carbocycles. The molecule has 0 fully saturated rings. The van der Waals surface area contributed by atoms with Crippen LogP contribution in [0.3, 0.4) is 0 Å². The zero-order valence-electron chi connectivity index (χ0n) is 11.1. The molecule has 0 radical (unpaired) electrons. The molecule has 2 aromatic rings. The molecule has 0 bridgehead atoms. The molecule has 0 atom stereocenters. The number of nitrogens with zero attached hydrogens (tertiary/aromatic N) is 1. The van der Waals surface area contributed by atoms with Crippen LogP contribution in [0.25, 0.3) is 0 Å². The SMILES string of the molecule is O=C(Nc1cc(Br)cnc1Cl)c1cccc2c1CCCN2. The summed E-state index contributed by atoms with van der Waals surface area (Å²) in [4.78, 5) is 16.5. The van der Waals surface area contributed by atoms with E-state index in [4.69, 9.17) is 11.6 Å². The number of carbonyl (C=O) groups is 1. The molecule has 4 nitrogen and oxygen atoms in total. The van der Waals surface area contributed by atoms with Gasteiger partial charge >= 0.3 is 0 Å². The van der Waals surface area contributed by atoms with Crippen LogP contribution in [-0.2, 0) is 6.42 Å². The summed E-state index contributed by atoms with van der Waals surface area (Å²) >= 11 is 9.33. The highest BCUT2D eigenvalue weighted by molar-refractivity contribution is 9.10. The molecule has 2 heterocycles. The first-order valence-corrected chi connectivity index (χ1v) is 7.80. The highest BCUT2D eigenvalue weighted by Crippen LogP contribution is 2.28. The minimum absolute atomic E-state index is 0.169. The van der Waals surface area contributed by atoms with E-state index >= 15 is 0 Å². The second-order valence-corrected chi connectivity index (χ2v) is 6.08. The van der Waals surface area contributed by atoms with Crippen molar-refractivity contribution in [3.8, 4) is 0 Å². The highest BCUT2D eigenvalue weighted by Gasteiger charge is 2.18. The Morgan fingerprint density at radius 3 is 3.14 bits per heavy atom. The van der Waals surface area contributed by atoms with Crippen LogP contribution in [0.2, 0.25) is 5.15 Å². The number of rotatable bonds is 2. The van der Waals surface area contributed by atoms with Crippen molar-refractivity contribution in [2.45, 2.75) is 12.8 Å². The standard InChI is InChI=1S/C15H13BrClN3O/c16-9-7-13(14(17)19-8-9)20-15(21)11-3-1-5-12-10(11)4-2-6-18-12/h1,3,5,7-8,18H,2,4,6H2,(H,20,21). The van der Waals surface area contributed by atoms with Gasteiger partial charge in [0.15, 0.2) is 5.15 Å². The summed E-state index contributed by atoms with van der Waals surface area (Å²) in [5, 5.41) is 6.42. The number of benzene rings is 1. The van der Waals surface area contributed by atoms with Crippen LogP contribution in [-0.4, -0.2) is 17.4 Å². The van der Waals surface area contributed by atoms with E-state index in [1.165, 1.54) is 0 Å². The fourth-order valence-electron chi connectivity index (χ4n) is 2.42. The molecule has 1 aromatic heterocycles. The number of pyridine rings is 1. The third-order valence-corrected chi connectivity index (χ3v) is 4.13. The number of hydrogen-bond acceptors (Lipinski definition) is 3. The Hall–Kier alpha value is -1.59. The summed E-state index contributed by atoms with van der Waals surface area (Å²) in [5.74, 6) is -0.169. The van der Waals surface area contributed by atoms with E-state index in [9.17, 15) is 4.79 Å². The van der Waals surface area contributed by atoms with Gasteiger partial charge in [-0.2, -0.15) is 0 Å². The molecule has 1 aliphatic heterocycles. The molecule has 1 amide bonds.